The van der Waals surface area contributed by atoms with Crippen molar-refractivity contribution in [2.45, 2.75) is 96.0 Å². The zero-order chi connectivity index (χ0) is 23.6. The first-order valence-electron chi connectivity index (χ1n) is 12.0. The normalized spacial score (nSPS) is 26.0. The summed E-state index contributed by atoms with van der Waals surface area (Å²) in [7, 11) is 0. The summed E-state index contributed by atoms with van der Waals surface area (Å²) in [6.07, 6.45) is 9.91. The van der Waals surface area contributed by atoms with Gasteiger partial charge in [-0.1, -0.05) is 13.3 Å². The van der Waals surface area contributed by atoms with Crippen molar-refractivity contribution in [3.05, 3.63) is 11.8 Å². The number of carbonyl (C=O) groups excluding carboxylic acids is 1. The van der Waals surface area contributed by atoms with Crippen molar-refractivity contribution in [1.29, 1.82) is 0 Å². The molecule has 2 fully saturated rings. The van der Waals surface area contributed by atoms with Crippen molar-refractivity contribution in [3.63, 3.8) is 0 Å². The number of halogens is 2. The number of nitrogens with one attached hydrogen (secondary N) is 2. The molecule has 2 aliphatic rings. The van der Waals surface area contributed by atoms with E-state index in [-0.39, 0.29) is 29.5 Å². The van der Waals surface area contributed by atoms with Crippen LogP contribution in [0.3, 0.4) is 0 Å². The number of aliphatic imine (C=N–C) groups is 1. The highest BCUT2D eigenvalue weighted by Crippen LogP contribution is 2.26. The summed E-state index contributed by atoms with van der Waals surface area (Å²) in [5, 5.41) is 15.8. The predicted molar refractivity (Wildman–Crippen MR) is 122 cm³/mol. The predicted octanol–water partition coefficient (Wildman–Crippen LogP) is 4.22. The third kappa shape index (κ3) is 8.26. The van der Waals surface area contributed by atoms with E-state index in [0.717, 1.165) is 45.1 Å². The summed E-state index contributed by atoms with van der Waals surface area (Å²) in [5.41, 5.74) is 0.286. The molecule has 184 valence electrons. The number of hydrogen-bond donors (Lipinski definition) is 3. The quantitative estimate of drug-likeness (QED) is 0.351. The topological polar surface area (TPSA) is 109 Å². The molecule has 8 nitrogen and oxygen atoms in total. The number of unbranched alkanes of at least 4 members (excludes halogenated alkanes) is 1. The number of ether oxygens (including phenoxy) is 1. The fraction of sp³-hybridized carbons (Fsp3) is 0.739. The van der Waals surface area contributed by atoms with Crippen LogP contribution in [0.25, 0.3) is 0 Å². The van der Waals surface area contributed by atoms with Gasteiger partial charge >= 0.3 is 6.61 Å². The Morgan fingerprint density at radius 1 is 1.24 bits per heavy atom. The van der Waals surface area contributed by atoms with Gasteiger partial charge in [0.05, 0.1) is 12.2 Å². The number of hydrogen-bond acceptors (Lipinski definition) is 7. The number of nitrogens with zero attached hydrogens (tertiary/aromatic N) is 3. The first kappa shape index (κ1) is 25.4. The van der Waals surface area contributed by atoms with Crippen LogP contribution in [0.5, 0.6) is 0 Å². The van der Waals surface area contributed by atoms with Gasteiger partial charge in [0.25, 0.3) is 5.91 Å². The molecule has 2 saturated carbocycles. The van der Waals surface area contributed by atoms with Crippen LogP contribution >= 0.6 is 0 Å². The molecule has 3 N–H and O–H groups in total. The van der Waals surface area contributed by atoms with Crippen molar-refractivity contribution in [1.82, 2.24) is 15.3 Å². The Balaban J connectivity index is 1.66. The van der Waals surface area contributed by atoms with E-state index in [2.05, 4.69) is 37.3 Å². The second-order valence-electron chi connectivity index (χ2n) is 8.90. The van der Waals surface area contributed by atoms with Gasteiger partial charge in [0.2, 0.25) is 5.95 Å². The molecule has 0 aliphatic heterocycles. The van der Waals surface area contributed by atoms with Gasteiger partial charge in [-0.05, 0) is 63.7 Å². The van der Waals surface area contributed by atoms with E-state index in [9.17, 15) is 18.7 Å². The Morgan fingerprint density at radius 2 is 1.97 bits per heavy atom. The molecule has 0 saturated heterocycles. The molecule has 0 radical (unpaired) electrons. The van der Waals surface area contributed by atoms with Crippen molar-refractivity contribution in [3.8, 4) is 0 Å². The minimum absolute atomic E-state index is 0.117. The fourth-order valence-corrected chi connectivity index (χ4v) is 4.27. The first-order valence-corrected chi connectivity index (χ1v) is 12.0. The molecule has 1 heterocycles. The highest BCUT2D eigenvalue weighted by molar-refractivity contribution is 5.98. The summed E-state index contributed by atoms with van der Waals surface area (Å²) >= 11 is 0. The van der Waals surface area contributed by atoms with E-state index >= 15 is 0 Å². The lowest BCUT2D eigenvalue weighted by Gasteiger charge is -2.28. The lowest BCUT2D eigenvalue weighted by molar-refractivity contribution is -0.170. The van der Waals surface area contributed by atoms with E-state index in [4.69, 9.17) is 0 Å². The van der Waals surface area contributed by atoms with Gasteiger partial charge in [-0.2, -0.15) is 13.8 Å². The molecule has 0 atom stereocenters. The molecule has 0 aromatic carbocycles. The van der Waals surface area contributed by atoms with E-state index in [1.807, 2.05) is 6.21 Å². The van der Waals surface area contributed by atoms with Crippen LogP contribution in [-0.2, 0) is 4.74 Å². The highest BCUT2D eigenvalue weighted by atomic mass is 19.3. The number of aliphatic hydroxyl groups excluding tert-OH is 1. The van der Waals surface area contributed by atoms with Gasteiger partial charge in [0, 0.05) is 25.0 Å². The van der Waals surface area contributed by atoms with Gasteiger partial charge in [0.1, 0.15) is 5.56 Å². The molecule has 0 unspecified atom stereocenters. The molecule has 0 spiro atoms. The van der Waals surface area contributed by atoms with Crippen molar-refractivity contribution in [2.24, 2.45) is 10.9 Å². The average molecular weight is 468 g/mol. The smallest absolute Gasteiger partial charge is 0.345 e. The van der Waals surface area contributed by atoms with Crippen LogP contribution < -0.4 is 10.6 Å². The van der Waals surface area contributed by atoms with Crippen LogP contribution in [0.15, 0.2) is 11.2 Å². The largest absolute Gasteiger partial charge is 0.393 e. The number of rotatable bonds is 10. The lowest BCUT2D eigenvalue weighted by Crippen LogP contribution is -2.39. The zero-order valence-electron chi connectivity index (χ0n) is 19.2. The van der Waals surface area contributed by atoms with Crippen molar-refractivity contribution in [2.75, 3.05) is 11.9 Å². The van der Waals surface area contributed by atoms with E-state index in [0.29, 0.717) is 37.4 Å². The summed E-state index contributed by atoms with van der Waals surface area (Å²) in [4.78, 5) is 26.3. The molecule has 3 rings (SSSR count). The fourth-order valence-electron chi connectivity index (χ4n) is 4.27. The van der Waals surface area contributed by atoms with Crippen molar-refractivity contribution < 1.29 is 23.4 Å². The maximum Gasteiger partial charge on any atom is 0.345 e. The molecule has 1 amide bonds. The summed E-state index contributed by atoms with van der Waals surface area (Å²) in [6.45, 7) is 0.0609. The van der Waals surface area contributed by atoms with Gasteiger partial charge in [-0.3, -0.25) is 4.79 Å². The van der Waals surface area contributed by atoms with Crippen LogP contribution in [0.1, 0.15) is 81.5 Å². The summed E-state index contributed by atoms with van der Waals surface area (Å²) in [5.74, 6) is 0.652. The lowest BCUT2D eigenvalue weighted by atomic mass is 9.88. The second-order valence-corrected chi connectivity index (χ2v) is 8.90. The standard InChI is InChI=1S/C23H35F2N5O3/c1-2-3-12-26-23-28-14-19(20(30-23)27-13-15-4-8-17(31)9-5-15)21(32)29-16-6-10-18(11-7-16)33-22(24)25/h13-18,22,31H,2-12H2,1H3,(H,29,32)(H,26,28,30). The molecule has 1 aromatic heterocycles. The molecular weight excluding hydrogens is 432 g/mol. The first-order chi connectivity index (χ1) is 15.9. The Kier molecular flexibility index (Phi) is 9.93. The number of alkyl halides is 2. The maximum absolute atomic E-state index is 13.0. The number of anilines is 1. The van der Waals surface area contributed by atoms with E-state index in [1.54, 1.807) is 0 Å². The van der Waals surface area contributed by atoms with Crippen LogP contribution in [0.2, 0.25) is 0 Å². The molecule has 10 heteroatoms. The van der Waals surface area contributed by atoms with E-state index < -0.39 is 12.7 Å². The van der Waals surface area contributed by atoms with E-state index in [1.165, 1.54) is 6.20 Å². The second kappa shape index (κ2) is 12.9. The molecule has 1 aromatic rings. The number of aromatic nitrogens is 2. The zero-order valence-corrected chi connectivity index (χ0v) is 19.2. The minimum atomic E-state index is -2.77. The van der Waals surface area contributed by atoms with Gasteiger partial charge in [-0.15, -0.1) is 0 Å². The Bertz CT molecular complexity index is 779. The van der Waals surface area contributed by atoms with Gasteiger partial charge in [0.15, 0.2) is 5.82 Å². The molecular formula is C23H35F2N5O3. The van der Waals surface area contributed by atoms with Crippen LogP contribution in [0.4, 0.5) is 20.5 Å². The number of aliphatic hydroxyl groups is 1. The summed E-state index contributed by atoms with van der Waals surface area (Å²) < 4.78 is 29.4. The van der Waals surface area contributed by atoms with Crippen molar-refractivity contribution >= 4 is 23.9 Å². The maximum atomic E-state index is 13.0. The Morgan fingerprint density at radius 3 is 2.64 bits per heavy atom. The molecule has 33 heavy (non-hydrogen) atoms. The van der Waals surface area contributed by atoms with Gasteiger partial charge in [-0.25, -0.2) is 9.98 Å². The Hall–Kier alpha value is -2.20. The monoisotopic (exact) mass is 467 g/mol. The molecule has 0 bridgehead atoms. The minimum Gasteiger partial charge on any atom is -0.393 e. The third-order valence-electron chi connectivity index (χ3n) is 6.28. The summed E-state index contributed by atoms with van der Waals surface area (Å²) in [6, 6.07) is -0.117. The average Bonchev–Trinajstić information content (AvgIpc) is 2.80. The van der Waals surface area contributed by atoms with Crippen LogP contribution in [0, 0.1) is 5.92 Å². The SMILES string of the molecule is CCCCNc1ncc(C(=O)NC2CCC(OC(F)F)CC2)c(N=CC2CCC(O)CC2)n1. The third-order valence-corrected chi connectivity index (χ3v) is 6.28. The Labute approximate surface area is 193 Å². The number of amides is 1. The number of carbonyl (C=O) groups is 1. The molecule has 2 aliphatic carbocycles. The van der Waals surface area contributed by atoms with Gasteiger partial charge < -0.3 is 20.5 Å². The highest BCUT2D eigenvalue weighted by Gasteiger charge is 2.26. The van der Waals surface area contributed by atoms with Crippen LogP contribution in [-0.4, -0.2) is 58.6 Å².